The first-order chi connectivity index (χ1) is 14.0. The molecule has 0 atom stereocenters. The molecule has 0 aliphatic heterocycles. The standard InChI is InChI=1S/C21H21BrFN3O3/c1-26(13-15-12-16(22)8-11-18(15)23)20(27)5-3-4-19-24-21(25-29-19)14-6-9-17(28-2)10-7-14/h6-12H,3-5,13H2,1-2H3. The summed E-state index contributed by atoms with van der Waals surface area (Å²) in [4.78, 5) is 18.2. The van der Waals surface area contributed by atoms with Crippen LogP contribution in [0, 0.1) is 5.82 Å². The van der Waals surface area contributed by atoms with Gasteiger partial charge in [-0.05, 0) is 48.9 Å². The monoisotopic (exact) mass is 461 g/mol. The van der Waals surface area contributed by atoms with Crippen molar-refractivity contribution < 1.29 is 18.4 Å². The van der Waals surface area contributed by atoms with Gasteiger partial charge in [0.25, 0.3) is 0 Å². The van der Waals surface area contributed by atoms with Crippen molar-refractivity contribution in [3.05, 3.63) is 64.2 Å². The molecule has 1 amide bonds. The topological polar surface area (TPSA) is 68.5 Å². The predicted molar refractivity (Wildman–Crippen MR) is 110 cm³/mol. The van der Waals surface area contributed by atoms with Gasteiger partial charge in [-0.1, -0.05) is 21.1 Å². The van der Waals surface area contributed by atoms with Crippen LogP contribution in [0.25, 0.3) is 11.4 Å². The van der Waals surface area contributed by atoms with Gasteiger partial charge in [0.2, 0.25) is 17.6 Å². The van der Waals surface area contributed by atoms with E-state index in [0.717, 1.165) is 15.8 Å². The third-order valence-corrected chi connectivity index (χ3v) is 4.93. The van der Waals surface area contributed by atoms with Crippen LogP contribution in [0.3, 0.4) is 0 Å². The maximum absolute atomic E-state index is 13.9. The van der Waals surface area contributed by atoms with Gasteiger partial charge >= 0.3 is 0 Å². The Morgan fingerprint density at radius 1 is 1.24 bits per heavy atom. The molecule has 0 N–H and O–H groups in total. The average molecular weight is 462 g/mol. The highest BCUT2D eigenvalue weighted by atomic mass is 79.9. The number of aryl methyl sites for hydroxylation is 1. The number of hydrogen-bond donors (Lipinski definition) is 0. The van der Waals surface area contributed by atoms with Crippen molar-refractivity contribution in [2.24, 2.45) is 0 Å². The van der Waals surface area contributed by atoms with Crippen molar-refractivity contribution in [2.45, 2.75) is 25.8 Å². The smallest absolute Gasteiger partial charge is 0.226 e. The van der Waals surface area contributed by atoms with E-state index in [1.807, 2.05) is 24.3 Å². The van der Waals surface area contributed by atoms with E-state index in [9.17, 15) is 9.18 Å². The molecule has 29 heavy (non-hydrogen) atoms. The summed E-state index contributed by atoms with van der Waals surface area (Å²) in [5, 5.41) is 3.98. The fourth-order valence-corrected chi connectivity index (χ4v) is 3.21. The second-order valence-electron chi connectivity index (χ2n) is 6.58. The maximum Gasteiger partial charge on any atom is 0.226 e. The number of rotatable bonds is 8. The van der Waals surface area contributed by atoms with E-state index in [2.05, 4.69) is 26.1 Å². The highest BCUT2D eigenvalue weighted by molar-refractivity contribution is 9.10. The van der Waals surface area contributed by atoms with Crippen LogP contribution in [-0.4, -0.2) is 35.1 Å². The Hall–Kier alpha value is -2.74. The Labute approximate surface area is 176 Å². The van der Waals surface area contributed by atoms with Crippen LogP contribution < -0.4 is 4.74 Å². The first-order valence-corrected chi connectivity index (χ1v) is 9.90. The van der Waals surface area contributed by atoms with Crippen LogP contribution in [-0.2, 0) is 17.8 Å². The summed E-state index contributed by atoms with van der Waals surface area (Å²) >= 11 is 3.32. The lowest BCUT2D eigenvalue weighted by Crippen LogP contribution is -2.26. The van der Waals surface area contributed by atoms with Gasteiger partial charge < -0.3 is 14.2 Å². The number of halogens is 2. The molecular weight excluding hydrogens is 441 g/mol. The van der Waals surface area contributed by atoms with Crippen molar-refractivity contribution in [2.75, 3.05) is 14.2 Å². The normalized spacial score (nSPS) is 10.8. The fraction of sp³-hybridized carbons (Fsp3) is 0.286. The Balaban J connectivity index is 1.49. The second kappa shape index (κ2) is 9.65. The predicted octanol–water partition coefficient (Wildman–Crippen LogP) is 4.63. The van der Waals surface area contributed by atoms with E-state index in [1.54, 1.807) is 26.3 Å². The number of hydrogen-bond acceptors (Lipinski definition) is 5. The Bertz CT molecular complexity index is 976. The molecule has 0 bridgehead atoms. The van der Waals surface area contributed by atoms with E-state index in [0.29, 0.717) is 36.5 Å². The molecular formula is C21H21BrFN3O3. The van der Waals surface area contributed by atoms with Gasteiger partial charge in [-0.15, -0.1) is 0 Å². The molecule has 0 aliphatic carbocycles. The number of carbonyl (C=O) groups is 1. The minimum atomic E-state index is -0.329. The minimum absolute atomic E-state index is 0.0701. The molecule has 0 saturated heterocycles. The molecule has 8 heteroatoms. The zero-order valence-electron chi connectivity index (χ0n) is 16.2. The van der Waals surface area contributed by atoms with Crippen molar-refractivity contribution in [1.29, 1.82) is 0 Å². The Morgan fingerprint density at radius 3 is 2.72 bits per heavy atom. The highest BCUT2D eigenvalue weighted by Gasteiger charge is 2.14. The van der Waals surface area contributed by atoms with E-state index in [-0.39, 0.29) is 18.3 Å². The molecule has 0 unspecified atom stereocenters. The first kappa shape index (κ1) is 21.0. The largest absolute Gasteiger partial charge is 0.497 e. The maximum atomic E-state index is 13.9. The number of ether oxygens (including phenoxy) is 1. The van der Waals surface area contributed by atoms with Gasteiger partial charge in [0.15, 0.2) is 0 Å². The van der Waals surface area contributed by atoms with E-state index in [1.165, 1.54) is 11.0 Å². The van der Waals surface area contributed by atoms with Crippen molar-refractivity contribution >= 4 is 21.8 Å². The molecule has 3 rings (SSSR count). The van der Waals surface area contributed by atoms with Crippen LogP contribution in [0.4, 0.5) is 4.39 Å². The lowest BCUT2D eigenvalue weighted by Gasteiger charge is -2.17. The molecule has 6 nitrogen and oxygen atoms in total. The fourth-order valence-electron chi connectivity index (χ4n) is 2.80. The molecule has 0 spiro atoms. The molecule has 2 aromatic carbocycles. The summed E-state index contributed by atoms with van der Waals surface area (Å²) in [7, 11) is 3.27. The summed E-state index contributed by atoms with van der Waals surface area (Å²) < 4.78 is 25.0. The van der Waals surface area contributed by atoms with Gasteiger partial charge in [0, 0.05) is 42.0 Å². The van der Waals surface area contributed by atoms with E-state index >= 15 is 0 Å². The molecule has 3 aromatic rings. The third kappa shape index (κ3) is 5.63. The molecule has 1 heterocycles. The Kier molecular flexibility index (Phi) is 6.98. The quantitative estimate of drug-likeness (QED) is 0.489. The average Bonchev–Trinajstić information content (AvgIpc) is 3.19. The third-order valence-electron chi connectivity index (χ3n) is 4.44. The Morgan fingerprint density at radius 2 is 2.00 bits per heavy atom. The number of nitrogens with zero attached hydrogens (tertiary/aromatic N) is 3. The van der Waals surface area contributed by atoms with E-state index in [4.69, 9.17) is 9.26 Å². The van der Waals surface area contributed by atoms with Crippen molar-refractivity contribution in [1.82, 2.24) is 15.0 Å². The molecule has 0 fully saturated rings. The number of methoxy groups -OCH3 is 1. The summed E-state index contributed by atoms with van der Waals surface area (Å²) in [6.45, 7) is 0.215. The van der Waals surface area contributed by atoms with Crippen LogP contribution in [0.2, 0.25) is 0 Å². The van der Waals surface area contributed by atoms with Gasteiger partial charge in [0.1, 0.15) is 11.6 Å². The van der Waals surface area contributed by atoms with Crippen molar-refractivity contribution in [3.63, 3.8) is 0 Å². The SMILES string of the molecule is COc1ccc(-c2noc(CCCC(=O)N(C)Cc3cc(Br)ccc3F)n2)cc1. The van der Waals surface area contributed by atoms with Crippen LogP contribution in [0.1, 0.15) is 24.3 Å². The zero-order chi connectivity index (χ0) is 20.8. The number of aromatic nitrogens is 2. The summed E-state index contributed by atoms with van der Waals surface area (Å²) in [5.41, 5.74) is 1.30. The lowest BCUT2D eigenvalue weighted by molar-refractivity contribution is -0.130. The van der Waals surface area contributed by atoms with E-state index < -0.39 is 0 Å². The number of carbonyl (C=O) groups excluding carboxylic acids is 1. The van der Waals surface area contributed by atoms with Gasteiger partial charge in [0.05, 0.1) is 7.11 Å². The minimum Gasteiger partial charge on any atom is -0.497 e. The molecule has 0 aliphatic rings. The molecule has 0 saturated carbocycles. The molecule has 152 valence electrons. The van der Waals surface area contributed by atoms with Gasteiger partial charge in [-0.25, -0.2) is 4.39 Å². The second-order valence-corrected chi connectivity index (χ2v) is 7.49. The van der Waals surface area contributed by atoms with Gasteiger partial charge in [-0.2, -0.15) is 4.98 Å². The summed E-state index contributed by atoms with van der Waals surface area (Å²) in [6, 6.07) is 12.1. The summed E-state index contributed by atoms with van der Waals surface area (Å²) in [6.07, 6.45) is 1.37. The summed E-state index contributed by atoms with van der Waals surface area (Å²) in [5.74, 6) is 1.33. The molecule has 0 radical (unpaired) electrons. The van der Waals surface area contributed by atoms with Gasteiger partial charge in [-0.3, -0.25) is 4.79 Å². The number of benzene rings is 2. The van der Waals surface area contributed by atoms with Crippen molar-refractivity contribution in [3.8, 4) is 17.1 Å². The van der Waals surface area contributed by atoms with Crippen LogP contribution in [0.15, 0.2) is 51.5 Å². The first-order valence-electron chi connectivity index (χ1n) is 9.11. The highest BCUT2D eigenvalue weighted by Crippen LogP contribution is 2.20. The zero-order valence-corrected chi connectivity index (χ0v) is 17.8. The van der Waals surface area contributed by atoms with Crippen LogP contribution in [0.5, 0.6) is 5.75 Å². The van der Waals surface area contributed by atoms with Crippen LogP contribution >= 0.6 is 15.9 Å². The lowest BCUT2D eigenvalue weighted by atomic mass is 10.1. The number of amides is 1. The molecule has 1 aromatic heterocycles.